The lowest BCUT2D eigenvalue weighted by molar-refractivity contribution is -0.139. The van der Waals surface area contributed by atoms with E-state index in [9.17, 15) is 13.2 Å². The number of carbonyl (C=O) groups is 1. The third kappa shape index (κ3) is 6.21. The van der Waals surface area contributed by atoms with Gasteiger partial charge in [-0.15, -0.1) is 0 Å². The molecule has 0 aliphatic heterocycles. The van der Waals surface area contributed by atoms with Gasteiger partial charge in [0.15, 0.2) is 6.61 Å². The lowest BCUT2D eigenvalue weighted by Crippen LogP contribution is -2.30. The highest BCUT2D eigenvalue weighted by Crippen LogP contribution is 2.23. The molecule has 0 bridgehead atoms. The van der Waals surface area contributed by atoms with E-state index in [0.717, 1.165) is 5.56 Å². The van der Waals surface area contributed by atoms with Gasteiger partial charge >= 0.3 is 5.97 Å². The molecule has 0 radical (unpaired) electrons. The molecule has 160 valence electrons. The van der Waals surface area contributed by atoms with Gasteiger partial charge < -0.3 is 14.6 Å². The van der Waals surface area contributed by atoms with Gasteiger partial charge in [0.25, 0.3) is 0 Å². The van der Waals surface area contributed by atoms with Gasteiger partial charge in [0.2, 0.25) is 10.0 Å². The molecule has 0 fully saturated rings. The first-order valence-electron chi connectivity index (χ1n) is 8.87. The lowest BCUT2D eigenvalue weighted by atomic mass is 10.1. The third-order valence-corrected chi connectivity index (χ3v) is 6.24. The highest BCUT2D eigenvalue weighted by Gasteiger charge is 2.21. The van der Waals surface area contributed by atoms with Crippen molar-refractivity contribution in [1.29, 1.82) is 0 Å². The summed E-state index contributed by atoms with van der Waals surface area (Å²) in [5, 5.41) is 9.23. The van der Waals surface area contributed by atoms with E-state index >= 15 is 0 Å². The molecule has 2 aromatic rings. The molecule has 2 rings (SSSR count). The van der Waals surface area contributed by atoms with E-state index in [1.54, 1.807) is 18.2 Å². The summed E-state index contributed by atoms with van der Waals surface area (Å²) in [7, 11) is -0.704. The Kier molecular flexibility index (Phi) is 8.26. The lowest BCUT2D eigenvalue weighted by Gasteiger charge is -2.17. The zero-order valence-corrected chi connectivity index (χ0v) is 18.4. The van der Waals surface area contributed by atoms with Crippen molar-refractivity contribution < 1.29 is 27.8 Å². The molecule has 1 N–H and O–H groups in total. The molecule has 2 aromatic carbocycles. The van der Waals surface area contributed by atoms with Crippen molar-refractivity contribution >= 4 is 27.6 Å². The van der Waals surface area contributed by atoms with Gasteiger partial charge in [-0.3, -0.25) is 0 Å². The molecule has 7 nitrogen and oxygen atoms in total. The van der Waals surface area contributed by atoms with Gasteiger partial charge in [-0.1, -0.05) is 29.5 Å². The number of likely N-dealkylation sites (N-methyl/N-ethyl adjacent to an activating group) is 1. The number of hydrogen-bond acceptors (Lipinski definition) is 5. The molecular formula is C21H22ClNO6S. The Morgan fingerprint density at radius 3 is 2.53 bits per heavy atom. The number of carboxylic acids is 1. The second-order valence-corrected chi connectivity index (χ2v) is 8.85. The van der Waals surface area contributed by atoms with Crippen LogP contribution in [0.4, 0.5) is 0 Å². The molecule has 0 heterocycles. The first-order chi connectivity index (χ1) is 14.1. The SMILES string of the molecule is COCCN(C)S(=O)(=O)c1ccc(C)c(C#Cc2cc(Cl)ccc2OCC(=O)O)c1. The molecule has 0 aromatic heterocycles. The highest BCUT2D eigenvalue weighted by atomic mass is 35.5. The van der Waals surface area contributed by atoms with E-state index in [2.05, 4.69) is 11.8 Å². The summed E-state index contributed by atoms with van der Waals surface area (Å²) in [4.78, 5) is 10.9. The van der Waals surface area contributed by atoms with Gasteiger partial charge in [0, 0.05) is 31.3 Å². The van der Waals surface area contributed by atoms with Crippen LogP contribution < -0.4 is 4.74 Å². The Morgan fingerprint density at radius 2 is 1.87 bits per heavy atom. The molecule has 0 unspecified atom stereocenters. The number of benzene rings is 2. The Hall–Kier alpha value is -2.57. The maximum Gasteiger partial charge on any atom is 0.341 e. The van der Waals surface area contributed by atoms with Crippen molar-refractivity contribution in [3.63, 3.8) is 0 Å². The summed E-state index contributed by atoms with van der Waals surface area (Å²) in [6.07, 6.45) is 0. The van der Waals surface area contributed by atoms with Crippen molar-refractivity contribution in [1.82, 2.24) is 4.31 Å². The van der Waals surface area contributed by atoms with Gasteiger partial charge in [-0.05, 0) is 42.8 Å². The van der Waals surface area contributed by atoms with Crippen LogP contribution in [0.5, 0.6) is 5.75 Å². The number of hydrogen-bond donors (Lipinski definition) is 1. The molecule has 9 heteroatoms. The van der Waals surface area contributed by atoms with Gasteiger partial charge in [-0.25, -0.2) is 13.2 Å². The van der Waals surface area contributed by atoms with Crippen LogP contribution >= 0.6 is 11.6 Å². The number of sulfonamides is 1. The second-order valence-electron chi connectivity index (χ2n) is 6.37. The monoisotopic (exact) mass is 451 g/mol. The first kappa shape index (κ1) is 23.7. The summed E-state index contributed by atoms with van der Waals surface area (Å²) >= 11 is 6.02. The zero-order chi connectivity index (χ0) is 22.3. The van der Waals surface area contributed by atoms with Crippen molar-refractivity contribution in [2.75, 3.05) is 33.9 Å². The summed E-state index contributed by atoms with van der Waals surface area (Å²) in [6.45, 7) is 1.80. The minimum Gasteiger partial charge on any atom is -0.481 e. The van der Waals surface area contributed by atoms with Crippen LogP contribution in [0.25, 0.3) is 0 Å². The highest BCUT2D eigenvalue weighted by molar-refractivity contribution is 7.89. The minimum atomic E-state index is -3.69. The average molecular weight is 452 g/mol. The van der Waals surface area contributed by atoms with Crippen LogP contribution in [0, 0.1) is 18.8 Å². The summed E-state index contributed by atoms with van der Waals surface area (Å²) in [6, 6.07) is 9.37. The van der Waals surface area contributed by atoms with Crippen molar-refractivity contribution in [2.45, 2.75) is 11.8 Å². The zero-order valence-electron chi connectivity index (χ0n) is 16.8. The number of carboxylic acid groups (broad SMARTS) is 1. The number of methoxy groups -OCH3 is 1. The van der Waals surface area contributed by atoms with E-state index in [1.807, 2.05) is 6.92 Å². The normalized spacial score (nSPS) is 11.1. The van der Waals surface area contributed by atoms with Crippen LogP contribution in [0.15, 0.2) is 41.3 Å². The number of aryl methyl sites for hydroxylation is 1. The van der Waals surface area contributed by atoms with Gasteiger partial charge in [-0.2, -0.15) is 4.31 Å². The smallest absolute Gasteiger partial charge is 0.341 e. The van der Waals surface area contributed by atoms with Crippen molar-refractivity contribution in [3.05, 3.63) is 58.1 Å². The molecule has 0 aliphatic rings. The fraction of sp³-hybridized carbons (Fsp3) is 0.286. The van der Waals surface area contributed by atoms with Crippen LogP contribution in [0.1, 0.15) is 16.7 Å². The van der Waals surface area contributed by atoms with E-state index in [0.29, 0.717) is 16.1 Å². The number of halogens is 1. The fourth-order valence-corrected chi connectivity index (χ4v) is 3.77. The Labute approximate surface area is 181 Å². The predicted molar refractivity (Wildman–Crippen MR) is 113 cm³/mol. The van der Waals surface area contributed by atoms with Crippen molar-refractivity contribution in [2.24, 2.45) is 0 Å². The topological polar surface area (TPSA) is 93.1 Å². The Bertz CT molecular complexity index is 1090. The third-order valence-electron chi connectivity index (χ3n) is 4.15. The minimum absolute atomic E-state index is 0.115. The molecule has 0 aliphatic carbocycles. The summed E-state index contributed by atoms with van der Waals surface area (Å²) < 4.78 is 36.9. The molecule has 0 spiro atoms. The summed E-state index contributed by atoms with van der Waals surface area (Å²) in [5.74, 6) is 4.99. The quantitative estimate of drug-likeness (QED) is 0.620. The molecule has 30 heavy (non-hydrogen) atoms. The predicted octanol–water partition coefficient (Wildman–Crippen LogP) is 2.78. The number of rotatable bonds is 8. The van der Waals surface area contributed by atoms with Gasteiger partial charge in [0.05, 0.1) is 17.1 Å². The molecular weight excluding hydrogens is 430 g/mol. The summed E-state index contributed by atoms with van der Waals surface area (Å²) in [5.41, 5.74) is 1.70. The van der Waals surface area contributed by atoms with Crippen LogP contribution in [0.3, 0.4) is 0 Å². The standard InChI is InChI=1S/C21H22ClNO6S/c1-15-4-8-19(30(26,27)23(2)10-11-28-3)13-16(15)5-6-17-12-18(22)7-9-20(17)29-14-21(24)25/h4,7-9,12-13H,10-11,14H2,1-3H3,(H,24,25). The first-order valence-corrected chi connectivity index (χ1v) is 10.7. The fourth-order valence-electron chi connectivity index (χ4n) is 2.42. The molecule has 0 amide bonds. The van der Waals surface area contributed by atoms with Crippen LogP contribution in [-0.4, -0.2) is 57.7 Å². The number of nitrogens with zero attached hydrogens (tertiary/aromatic N) is 1. The maximum absolute atomic E-state index is 12.8. The molecule has 0 saturated heterocycles. The second kappa shape index (κ2) is 10.5. The van der Waals surface area contributed by atoms with Crippen LogP contribution in [-0.2, 0) is 19.6 Å². The average Bonchev–Trinajstić information content (AvgIpc) is 2.70. The van der Waals surface area contributed by atoms with E-state index in [1.165, 1.54) is 36.7 Å². The number of aliphatic carboxylic acids is 1. The number of ether oxygens (including phenoxy) is 2. The Balaban J connectivity index is 2.40. The largest absolute Gasteiger partial charge is 0.481 e. The van der Waals surface area contributed by atoms with E-state index in [4.69, 9.17) is 26.2 Å². The maximum atomic E-state index is 12.8. The van der Waals surface area contributed by atoms with E-state index in [-0.39, 0.29) is 23.8 Å². The van der Waals surface area contributed by atoms with Crippen molar-refractivity contribution in [3.8, 4) is 17.6 Å². The van der Waals surface area contributed by atoms with Crippen LogP contribution in [0.2, 0.25) is 5.02 Å². The molecule has 0 saturated carbocycles. The molecule has 0 atom stereocenters. The van der Waals surface area contributed by atoms with Gasteiger partial charge in [0.1, 0.15) is 5.75 Å². The Morgan fingerprint density at radius 1 is 1.17 bits per heavy atom. The van der Waals surface area contributed by atoms with E-state index < -0.39 is 22.6 Å².